The molecular formula is C10H8BrClN4O2. The first kappa shape index (κ1) is 13.0. The van der Waals surface area contributed by atoms with Crippen molar-refractivity contribution in [3.63, 3.8) is 0 Å². The third-order valence-electron chi connectivity index (χ3n) is 2.26. The number of rotatable bonds is 4. The Morgan fingerprint density at radius 2 is 2.28 bits per heavy atom. The fraction of sp³-hybridized carbons (Fsp3) is 0.200. The number of carbonyl (C=O) groups is 1. The summed E-state index contributed by atoms with van der Waals surface area (Å²) in [5.74, 6) is -0.459. The smallest absolute Gasteiger partial charge is 0.305 e. The maximum absolute atomic E-state index is 10.5. The van der Waals surface area contributed by atoms with Crippen molar-refractivity contribution >= 4 is 33.5 Å². The summed E-state index contributed by atoms with van der Waals surface area (Å²) in [6.45, 7) is 0.195. The van der Waals surface area contributed by atoms with E-state index in [0.717, 1.165) is 4.47 Å². The molecule has 8 heteroatoms. The maximum Gasteiger partial charge on any atom is 0.305 e. The zero-order valence-electron chi connectivity index (χ0n) is 9.05. The van der Waals surface area contributed by atoms with E-state index in [4.69, 9.17) is 16.7 Å². The molecule has 18 heavy (non-hydrogen) atoms. The molecule has 0 saturated heterocycles. The summed E-state index contributed by atoms with van der Waals surface area (Å²) in [5, 5.41) is 20.3. The molecule has 1 heterocycles. The van der Waals surface area contributed by atoms with Gasteiger partial charge in [0.15, 0.2) is 5.82 Å². The van der Waals surface area contributed by atoms with Crippen LogP contribution in [0.2, 0.25) is 5.02 Å². The Bertz CT molecular complexity index is 587. The predicted molar refractivity (Wildman–Crippen MR) is 68.2 cm³/mol. The van der Waals surface area contributed by atoms with Crippen molar-refractivity contribution in [3.05, 3.63) is 27.7 Å². The lowest BCUT2D eigenvalue weighted by Gasteiger charge is -2.05. The van der Waals surface area contributed by atoms with Crippen LogP contribution in [0.4, 0.5) is 0 Å². The molecule has 0 amide bonds. The van der Waals surface area contributed by atoms with Crippen molar-refractivity contribution in [2.75, 3.05) is 0 Å². The number of aliphatic carboxylic acids is 1. The molecule has 2 aromatic rings. The van der Waals surface area contributed by atoms with Gasteiger partial charge in [-0.1, -0.05) is 17.7 Å². The van der Waals surface area contributed by atoms with Gasteiger partial charge in [-0.25, -0.2) is 4.68 Å². The predicted octanol–water partition coefficient (Wildman–Crippen LogP) is 2.23. The lowest BCUT2D eigenvalue weighted by molar-refractivity contribution is -0.137. The molecular weight excluding hydrogens is 323 g/mol. The fourth-order valence-electron chi connectivity index (χ4n) is 1.43. The zero-order valence-corrected chi connectivity index (χ0v) is 11.4. The van der Waals surface area contributed by atoms with Crippen molar-refractivity contribution in [3.8, 4) is 11.4 Å². The van der Waals surface area contributed by atoms with E-state index >= 15 is 0 Å². The van der Waals surface area contributed by atoms with E-state index in [-0.39, 0.29) is 13.0 Å². The van der Waals surface area contributed by atoms with Crippen LogP contribution in [0.5, 0.6) is 0 Å². The van der Waals surface area contributed by atoms with E-state index in [0.29, 0.717) is 16.4 Å². The number of carboxylic acid groups (broad SMARTS) is 1. The lowest BCUT2D eigenvalue weighted by atomic mass is 10.2. The molecule has 0 aliphatic carbocycles. The normalized spacial score (nSPS) is 10.6. The highest BCUT2D eigenvalue weighted by Crippen LogP contribution is 2.32. The largest absolute Gasteiger partial charge is 0.481 e. The number of halogens is 2. The molecule has 1 aromatic carbocycles. The highest BCUT2D eigenvalue weighted by molar-refractivity contribution is 9.10. The van der Waals surface area contributed by atoms with Crippen LogP contribution in [0, 0.1) is 0 Å². The number of carboxylic acids is 1. The first-order valence-corrected chi connectivity index (χ1v) is 6.19. The topological polar surface area (TPSA) is 80.9 Å². The second-order valence-corrected chi connectivity index (χ2v) is 4.70. The summed E-state index contributed by atoms with van der Waals surface area (Å²) in [5.41, 5.74) is 0.654. The molecule has 6 nitrogen and oxygen atoms in total. The van der Waals surface area contributed by atoms with Crippen LogP contribution in [0.1, 0.15) is 6.42 Å². The standard InChI is InChI=1S/C10H8BrClN4O2/c11-7-3-1-2-6(9(7)12)10-13-14-15-16(10)5-4-8(17)18/h1-3H,4-5H2,(H,17,18). The number of aromatic nitrogens is 4. The molecule has 2 rings (SSSR count). The van der Waals surface area contributed by atoms with E-state index in [2.05, 4.69) is 31.5 Å². The van der Waals surface area contributed by atoms with Gasteiger partial charge in [0, 0.05) is 10.0 Å². The molecule has 0 atom stereocenters. The van der Waals surface area contributed by atoms with Gasteiger partial charge in [0.25, 0.3) is 0 Å². The second kappa shape index (κ2) is 5.45. The van der Waals surface area contributed by atoms with E-state index in [1.807, 2.05) is 6.07 Å². The lowest BCUT2D eigenvalue weighted by Crippen LogP contribution is -2.07. The molecule has 0 aliphatic heterocycles. The van der Waals surface area contributed by atoms with Crippen LogP contribution in [0.3, 0.4) is 0 Å². The molecule has 0 bridgehead atoms. The molecule has 1 N–H and O–H groups in total. The Kier molecular flexibility index (Phi) is 3.93. The van der Waals surface area contributed by atoms with Crippen molar-refractivity contribution in [1.29, 1.82) is 0 Å². The fourth-order valence-corrected chi connectivity index (χ4v) is 2.00. The van der Waals surface area contributed by atoms with Gasteiger partial charge in [0.05, 0.1) is 18.0 Å². The van der Waals surface area contributed by atoms with Crippen LogP contribution in [0.25, 0.3) is 11.4 Å². The summed E-state index contributed by atoms with van der Waals surface area (Å²) in [6.07, 6.45) is -0.0519. The van der Waals surface area contributed by atoms with Gasteiger partial charge >= 0.3 is 5.97 Å². The molecule has 0 fully saturated rings. The summed E-state index contributed by atoms with van der Waals surface area (Å²) in [6, 6.07) is 5.38. The molecule has 0 radical (unpaired) electrons. The van der Waals surface area contributed by atoms with Crippen molar-refractivity contribution in [2.24, 2.45) is 0 Å². The third kappa shape index (κ3) is 2.68. The third-order valence-corrected chi connectivity index (χ3v) is 3.56. The monoisotopic (exact) mass is 330 g/mol. The van der Waals surface area contributed by atoms with E-state index < -0.39 is 5.97 Å². The molecule has 0 aliphatic rings. The molecule has 0 spiro atoms. The number of hydrogen-bond donors (Lipinski definition) is 1. The first-order chi connectivity index (χ1) is 8.59. The average Bonchev–Trinajstić information content (AvgIpc) is 2.78. The number of benzene rings is 1. The van der Waals surface area contributed by atoms with Gasteiger partial charge in [-0.2, -0.15) is 0 Å². The van der Waals surface area contributed by atoms with Crippen LogP contribution >= 0.6 is 27.5 Å². The Morgan fingerprint density at radius 3 is 3.00 bits per heavy atom. The minimum absolute atomic E-state index is 0.0519. The molecule has 0 unspecified atom stereocenters. The van der Waals surface area contributed by atoms with E-state index in [9.17, 15) is 4.79 Å². The minimum Gasteiger partial charge on any atom is -0.481 e. The second-order valence-electron chi connectivity index (χ2n) is 3.47. The molecule has 1 aromatic heterocycles. The number of hydrogen-bond acceptors (Lipinski definition) is 4. The Morgan fingerprint density at radius 1 is 1.50 bits per heavy atom. The van der Waals surface area contributed by atoms with E-state index in [1.165, 1.54) is 4.68 Å². The Labute approximate surface area is 116 Å². The van der Waals surface area contributed by atoms with Crippen LogP contribution in [0.15, 0.2) is 22.7 Å². The quantitative estimate of drug-likeness (QED) is 0.929. The highest BCUT2D eigenvalue weighted by Gasteiger charge is 2.14. The van der Waals surface area contributed by atoms with Crippen LogP contribution < -0.4 is 0 Å². The average molecular weight is 332 g/mol. The number of tetrazole rings is 1. The number of aryl methyl sites for hydroxylation is 1. The van der Waals surface area contributed by atoms with Crippen molar-refractivity contribution in [1.82, 2.24) is 20.2 Å². The molecule has 0 saturated carbocycles. The summed E-state index contributed by atoms with van der Waals surface area (Å²) in [7, 11) is 0. The van der Waals surface area contributed by atoms with Gasteiger partial charge in [0.2, 0.25) is 0 Å². The Hall–Kier alpha value is -1.47. The van der Waals surface area contributed by atoms with Crippen molar-refractivity contribution in [2.45, 2.75) is 13.0 Å². The highest BCUT2D eigenvalue weighted by atomic mass is 79.9. The molecule has 94 valence electrons. The summed E-state index contributed by atoms with van der Waals surface area (Å²) < 4.78 is 2.15. The Balaban J connectivity index is 2.36. The van der Waals surface area contributed by atoms with Crippen LogP contribution in [-0.4, -0.2) is 31.3 Å². The SMILES string of the molecule is O=C(O)CCn1nnnc1-c1cccc(Br)c1Cl. The first-order valence-electron chi connectivity index (χ1n) is 5.02. The van der Waals surface area contributed by atoms with Gasteiger partial charge < -0.3 is 5.11 Å². The summed E-state index contributed by atoms with van der Waals surface area (Å²) >= 11 is 9.46. The van der Waals surface area contributed by atoms with Gasteiger partial charge in [0.1, 0.15) is 0 Å². The van der Waals surface area contributed by atoms with Gasteiger partial charge in [-0.3, -0.25) is 4.79 Å². The zero-order chi connectivity index (χ0) is 13.1. The van der Waals surface area contributed by atoms with Gasteiger partial charge in [-0.15, -0.1) is 5.10 Å². The van der Waals surface area contributed by atoms with Crippen molar-refractivity contribution < 1.29 is 9.90 Å². The number of nitrogens with zero attached hydrogens (tertiary/aromatic N) is 4. The van der Waals surface area contributed by atoms with E-state index in [1.54, 1.807) is 12.1 Å². The van der Waals surface area contributed by atoms with Gasteiger partial charge in [-0.05, 0) is 38.5 Å². The minimum atomic E-state index is -0.906. The van der Waals surface area contributed by atoms with Crippen LogP contribution in [-0.2, 0) is 11.3 Å². The maximum atomic E-state index is 10.5. The summed E-state index contributed by atoms with van der Waals surface area (Å²) in [4.78, 5) is 10.5.